The summed E-state index contributed by atoms with van der Waals surface area (Å²) < 4.78 is 25.0. The number of thioether (sulfide) groups is 1. The van der Waals surface area contributed by atoms with E-state index in [4.69, 9.17) is 21.1 Å². The molecular formula is C20H16ClFINO4S. The van der Waals surface area contributed by atoms with Crippen molar-refractivity contribution in [3.63, 3.8) is 0 Å². The molecule has 1 heterocycles. The summed E-state index contributed by atoms with van der Waals surface area (Å²) in [7, 11) is 1.56. The Hall–Kier alpha value is -1.78. The summed E-state index contributed by atoms with van der Waals surface area (Å²) in [5, 5.41) is -0.242. The molecule has 2 aromatic carbocycles. The van der Waals surface area contributed by atoms with Gasteiger partial charge in [0.05, 0.1) is 28.7 Å². The van der Waals surface area contributed by atoms with Gasteiger partial charge >= 0.3 is 0 Å². The quantitative estimate of drug-likeness (QED) is 0.342. The van der Waals surface area contributed by atoms with Gasteiger partial charge < -0.3 is 9.47 Å². The molecule has 152 valence electrons. The highest BCUT2D eigenvalue weighted by Gasteiger charge is 2.35. The molecule has 9 heteroatoms. The number of amides is 2. The molecule has 29 heavy (non-hydrogen) atoms. The van der Waals surface area contributed by atoms with Gasteiger partial charge in [0.1, 0.15) is 5.82 Å². The van der Waals surface area contributed by atoms with Crippen molar-refractivity contribution in [2.24, 2.45) is 0 Å². The van der Waals surface area contributed by atoms with Crippen molar-refractivity contribution in [1.29, 1.82) is 0 Å². The molecule has 1 saturated heterocycles. The summed E-state index contributed by atoms with van der Waals surface area (Å²) in [6.07, 6.45) is 1.64. The van der Waals surface area contributed by atoms with Crippen molar-refractivity contribution in [2.75, 3.05) is 13.7 Å². The van der Waals surface area contributed by atoms with Crippen molar-refractivity contribution in [3.05, 3.63) is 60.8 Å². The molecule has 1 fully saturated rings. The summed E-state index contributed by atoms with van der Waals surface area (Å²) in [4.78, 5) is 26.5. The van der Waals surface area contributed by atoms with Crippen LogP contribution in [-0.2, 0) is 11.3 Å². The van der Waals surface area contributed by atoms with Gasteiger partial charge in [0.15, 0.2) is 11.5 Å². The predicted octanol–water partition coefficient (Wildman–Crippen LogP) is 5.73. The fourth-order valence-corrected chi connectivity index (χ4v) is 4.65. The second-order valence-corrected chi connectivity index (χ2v) is 8.53. The number of hydrogen-bond acceptors (Lipinski definition) is 5. The van der Waals surface area contributed by atoms with Crippen molar-refractivity contribution >= 4 is 63.2 Å². The molecule has 2 amide bonds. The van der Waals surface area contributed by atoms with E-state index in [2.05, 4.69) is 22.6 Å². The fourth-order valence-electron chi connectivity index (χ4n) is 2.74. The monoisotopic (exact) mass is 547 g/mol. The molecule has 0 radical (unpaired) electrons. The molecule has 1 aliphatic heterocycles. The van der Waals surface area contributed by atoms with Crippen molar-refractivity contribution in [3.8, 4) is 11.5 Å². The number of halogens is 3. The smallest absolute Gasteiger partial charge is 0.293 e. The largest absolute Gasteiger partial charge is 0.492 e. The molecule has 0 aromatic heterocycles. The lowest BCUT2D eigenvalue weighted by Gasteiger charge is -2.14. The minimum atomic E-state index is -0.480. The standard InChI is InChI=1S/C20H16ClFINO4S/c1-3-28-16-7-11(6-15(23)18(16)27-2)8-17-19(25)24(20(26)29-17)10-12-4-5-13(22)9-14(12)21/h4-9H,3,10H2,1-2H3/b17-8-. The van der Waals surface area contributed by atoms with E-state index in [0.717, 1.165) is 26.3 Å². The zero-order valence-electron chi connectivity index (χ0n) is 15.5. The Morgan fingerprint density at radius 1 is 1.28 bits per heavy atom. The van der Waals surface area contributed by atoms with Gasteiger partial charge in [-0.15, -0.1) is 0 Å². The summed E-state index contributed by atoms with van der Waals surface area (Å²) in [5.41, 5.74) is 1.21. The van der Waals surface area contributed by atoms with Gasteiger partial charge in [-0.05, 0) is 82.7 Å². The lowest BCUT2D eigenvalue weighted by Crippen LogP contribution is -2.27. The molecule has 0 unspecified atom stereocenters. The van der Waals surface area contributed by atoms with Crippen LogP contribution in [-0.4, -0.2) is 29.8 Å². The summed E-state index contributed by atoms with van der Waals surface area (Å²) in [6.45, 7) is 2.31. The number of nitrogens with zero attached hydrogens (tertiary/aromatic N) is 1. The number of carbonyl (C=O) groups excluding carboxylic acids is 2. The normalized spacial score (nSPS) is 15.3. The number of imide groups is 1. The Bertz CT molecular complexity index is 1010. The van der Waals surface area contributed by atoms with Gasteiger partial charge in [-0.2, -0.15) is 0 Å². The zero-order valence-corrected chi connectivity index (χ0v) is 19.2. The van der Waals surface area contributed by atoms with E-state index in [-0.39, 0.29) is 16.5 Å². The van der Waals surface area contributed by atoms with Gasteiger partial charge in [-0.3, -0.25) is 14.5 Å². The minimum absolute atomic E-state index is 0.0224. The molecule has 0 aliphatic carbocycles. The Morgan fingerprint density at radius 3 is 2.69 bits per heavy atom. The van der Waals surface area contributed by atoms with Crippen LogP contribution in [0.15, 0.2) is 35.2 Å². The lowest BCUT2D eigenvalue weighted by atomic mass is 10.1. The molecule has 2 aromatic rings. The van der Waals surface area contributed by atoms with Crippen LogP contribution in [0.3, 0.4) is 0 Å². The number of rotatable bonds is 6. The van der Waals surface area contributed by atoms with E-state index in [1.54, 1.807) is 19.3 Å². The Balaban J connectivity index is 1.88. The van der Waals surface area contributed by atoms with Gasteiger partial charge in [-0.25, -0.2) is 4.39 Å². The average Bonchev–Trinajstić information content (AvgIpc) is 2.91. The highest BCUT2D eigenvalue weighted by atomic mass is 127. The maximum atomic E-state index is 13.2. The predicted molar refractivity (Wildman–Crippen MR) is 120 cm³/mol. The van der Waals surface area contributed by atoms with Crippen LogP contribution >= 0.6 is 46.0 Å². The molecule has 3 rings (SSSR count). The Labute approximate surface area is 190 Å². The maximum absolute atomic E-state index is 13.2. The summed E-state index contributed by atoms with van der Waals surface area (Å²) >= 11 is 9.00. The molecule has 0 atom stereocenters. The Kier molecular flexibility index (Phi) is 7.07. The molecule has 1 aliphatic rings. The first-order chi connectivity index (χ1) is 13.8. The van der Waals surface area contributed by atoms with Crippen molar-refractivity contribution in [2.45, 2.75) is 13.5 Å². The molecule has 5 nitrogen and oxygen atoms in total. The first kappa shape index (κ1) is 21.9. The van der Waals surface area contributed by atoms with Crippen LogP contribution in [0.4, 0.5) is 9.18 Å². The number of ether oxygens (including phenoxy) is 2. The van der Waals surface area contributed by atoms with E-state index in [0.29, 0.717) is 29.2 Å². The molecular weight excluding hydrogens is 532 g/mol. The fraction of sp³-hybridized carbons (Fsp3) is 0.200. The topological polar surface area (TPSA) is 55.8 Å². The van der Waals surface area contributed by atoms with E-state index in [1.165, 1.54) is 12.1 Å². The third-order valence-corrected chi connectivity index (χ3v) is 6.11. The van der Waals surface area contributed by atoms with E-state index in [9.17, 15) is 14.0 Å². The van der Waals surface area contributed by atoms with Crippen LogP contribution in [0.2, 0.25) is 5.02 Å². The van der Waals surface area contributed by atoms with Crippen LogP contribution in [0.25, 0.3) is 6.08 Å². The second-order valence-electron chi connectivity index (χ2n) is 5.97. The summed E-state index contributed by atoms with van der Waals surface area (Å²) in [5.74, 6) is 0.269. The molecule has 0 N–H and O–H groups in total. The van der Waals surface area contributed by atoms with Crippen LogP contribution in [0.5, 0.6) is 11.5 Å². The zero-order chi connectivity index (χ0) is 21.1. The second kappa shape index (κ2) is 9.36. The van der Waals surface area contributed by atoms with Gasteiger partial charge in [0.25, 0.3) is 11.1 Å². The van der Waals surface area contributed by atoms with Crippen LogP contribution in [0.1, 0.15) is 18.1 Å². The first-order valence-electron chi connectivity index (χ1n) is 8.53. The van der Waals surface area contributed by atoms with Crippen molar-refractivity contribution < 1.29 is 23.5 Å². The Morgan fingerprint density at radius 2 is 2.03 bits per heavy atom. The SMILES string of the molecule is CCOc1cc(/C=C2\SC(=O)N(Cc3ccc(F)cc3Cl)C2=O)cc(I)c1OC. The average molecular weight is 548 g/mol. The van der Waals surface area contributed by atoms with Crippen LogP contribution in [0, 0.1) is 9.39 Å². The van der Waals surface area contributed by atoms with Crippen LogP contribution < -0.4 is 9.47 Å². The number of methoxy groups -OCH3 is 1. The molecule has 0 saturated carbocycles. The van der Waals surface area contributed by atoms with E-state index >= 15 is 0 Å². The molecule has 0 spiro atoms. The third kappa shape index (κ3) is 4.87. The summed E-state index contributed by atoms with van der Waals surface area (Å²) in [6, 6.07) is 7.46. The van der Waals surface area contributed by atoms with E-state index < -0.39 is 17.0 Å². The first-order valence-corrected chi connectivity index (χ1v) is 10.8. The molecule has 0 bridgehead atoms. The highest BCUT2D eigenvalue weighted by molar-refractivity contribution is 14.1. The van der Waals surface area contributed by atoms with E-state index in [1.807, 2.05) is 13.0 Å². The maximum Gasteiger partial charge on any atom is 0.293 e. The highest BCUT2D eigenvalue weighted by Crippen LogP contribution is 2.38. The number of benzene rings is 2. The number of hydrogen-bond donors (Lipinski definition) is 0. The van der Waals surface area contributed by atoms with Gasteiger partial charge in [0, 0.05) is 5.02 Å². The van der Waals surface area contributed by atoms with Gasteiger partial charge in [-0.1, -0.05) is 17.7 Å². The lowest BCUT2D eigenvalue weighted by molar-refractivity contribution is -0.123. The van der Waals surface area contributed by atoms with Gasteiger partial charge in [0.2, 0.25) is 0 Å². The third-order valence-electron chi connectivity index (χ3n) is 4.05. The van der Waals surface area contributed by atoms with Crippen molar-refractivity contribution in [1.82, 2.24) is 4.90 Å². The minimum Gasteiger partial charge on any atom is -0.492 e. The number of carbonyl (C=O) groups is 2.